The van der Waals surface area contributed by atoms with Crippen LogP contribution in [0.2, 0.25) is 0 Å². The minimum Gasteiger partial charge on any atom is -0.508 e. The van der Waals surface area contributed by atoms with Gasteiger partial charge in [-0.25, -0.2) is 0 Å². The third-order valence-corrected chi connectivity index (χ3v) is 8.91. The molecule has 0 atom stereocenters. The summed E-state index contributed by atoms with van der Waals surface area (Å²) in [5.41, 5.74) is 14.7. The molecular formula is C48H67N5O4S. The third-order valence-electron chi connectivity index (χ3n) is 8.71. The molecule has 0 aliphatic carbocycles. The summed E-state index contributed by atoms with van der Waals surface area (Å²) in [7, 11) is 5.32. The van der Waals surface area contributed by atoms with Crippen molar-refractivity contribution in [2.45, 2.75) is 81.1 Å². The van der Waals surface area contributed by atoms with E-state index in [0.717, 1.165) is 38.3 Å². The molecule has 58 heavy (non-hydrogen) atoms. The Kier molecular flexibility index (Phi) is 21.5. The Balaban J connectivity index is 0.000000411. The number of nitrogens with one attached hydrogen (secondary N) is 3. The van der Waals surface area contributed by atoms with E-state index in [-0.39, 0.29) is 28.9 Å². The van der Waals surface area contributed by atoms with Gasteiger partial charge in [-0.2, -0.15) is 0 Å². The second-order valence-electron chi connectivity index (χ2n) is 14.1. The lowest BCUT2D eigenvalue weighted by Gasteiger charge is -2.14. The molecule has 0 saturated heterocycles. The number of nitrogens with two attached hydrogens (primary N) is 1. The van der Waals surface area contributed by atoms with Gasteiger partial charge < -0.3 is 46.3 Å². The number of phenols is 4. The Hall–Kier alpha value is -5.71. The standard InChI is InChI=1S/C19H20N2O2.C12H16O2.C10H11N.C3H7NS.C3H8.CH5N/c1-4-13-10-16(19(23)11-18(13)22)12(2)20-15-5-6-17-14(9-15)7-8-21(17)3;1-7(2)9-5-10(8(3)4)12(14)6-11(9)13;1-7-3-4-10-9(5-7)8(2)6-11-10;1-3(5)4-2;1-3-2;1-2/h5-11,20,22-23H,2,4H2,1,3H3;5-6,8,13-14H,1H2,2-4H3;3-6,11H,1-2H3;1-2H3,(H,4,5);3H2,1-2H3;2H2,1H3. The molecule has 0 aliphatic rings. The number of phenolic OH excluding ortho intramolecular Hbond substituents is 4. The van der Waals surface area contributed by atoms with Crippen LogP contribution in [0.5, 0.6) is 23.0 Å². The maximum absolute atomic E-state index is 10.1. The normalized spacial score (nSPS) is 9.90. The van der Waals surface area contributed by atoms with Gasteiger partial charge >= 0.3 is 0 Å². The van der Waals surface area contributed by atoms with Gasteiger partial charge in [0.2, 0.25) is 0 Å². The Morgan fingerprint density at radius 3 is 1.97 bits per heavy atom. The molecule has 9 N–H and O–H groups in total. The highest BCUT2D eigenvalue weighted by molar-refractivity contribution is 7.80. The highest BCUT2D eigenvalue weighted by Crippen LogP contribution is 2.35. The van der Waals surface area contributed by atoms with Crippen molar-refractivity contribution in [2.75, 3.05) is 19.4 Å². The number of hydrogen-bond donors (Lipinski definition) is 8. The average Bonchev–Trinajstić information content (AvgIpc) is 3.73. The van der Waals surface area contributed by atoms with E-state index < -0.39 is 0 Å². The zero-order chi connectivity index (χ0) is 44.3. The summed E-state index contributed by atoms with van der Waals surface area (Å²) in [6.45, 7) is 25.9. The van der Waals surface area contributed by atoms with Crippen LogP contribution < -0.4 is 16.4 Å². The molecule has 0 unspecified atom stereocenters. The summed E-state index contributed by atoms with van der Waals surface area (Å²) < 4.78 is 2.06. The molecule has 314 valence electrons. The van der Waals surface area contributed by atoms with Crippen LogP contribution in [0, 0.1) is 13.8 Å². The first kappa shape index (κ1) is 50.3. The van der Waals surface area contributed by atoms with Crippen LogP contribution in [-0.4, -0.2) is 49.1 Å². The second kappa shape index (κ2) is 24.8. The molecule has 0 fully saturated rings. The Morgan fingerprint density at radius 2 is 1.41 bits per heavy atom. The molecule has 2 heterocycles. The van der Waals surface area contributed by atoms with Gasteiger partial charge in [0.25, 0.3) is 0 Å². The van der Waals surface area contributed by atoms with Crippen LogP contribution in [0.25, 0.3) is 33.1 Å². The van der Waals surface area contributed by atoms with E-state index in [1.54, 1.807) is 12.1 Å². The molecule has 6 rings (SSSR count). The fourth-order valence-electron chi connectivity index (χ4n) is 5.52. The minimum atomic E-state index is 0.0120. The summed E-state index contributed by atoms with van der Waals surface area (Å²) >= 11 is 4.59. The zero-order valence-corrected chi connectivity index (χ0v) is 37.4. The summed E-state index contributed by atoms with van der Waals surface area (Å²) in [5.74, 6) is 0.570. The summed E-state index contributed by atoms with van der Waals surface area (Å²) in [4.78, 5) is 4.05. The van der Waals surface area contributed by atoms with Crippen molar-refractivity contribution in [1.82, 2.24) is 14.9 Å². The highest BCUT2D eigenvalue weighted by atomic mass is 32.1. The number of nitrogens with zero attached hydrogens (tertiary/aromatic N) is 1. The fourth-order valence-corrected chi connectivity index (χ4v) is 5.52. The average molecular weight is 810 g/mol. The number of thiocarbonyl (C=S) groups is 1. The van der Waals surface area contributed by atoms with Gasteiger partial charge in [0, 0.05) is 82.9 Å². The number of aryl methyl sites for hydroxylation is 4. The van der Waals surface area contributed by atoms with Gasteiger partial charge in [-0.05, 0) is 118 Å². The van der Waals surface area contributed by atoms with E-state index in [2.05, 4.69) is 103 Å². The molecular weight excluding hydrogens is 743 g/mol. The number of anilines is 1. The highest BCUT2D eigenvalue weighted by Gasteiger charge is 2.12. The van der Waals surface area contributed by atoms with Gasteiger partial charge in [0.15, 0.2) is 0 Å². The molecule has 4 aromatic carbocycles. The van der Waals surface area contributed by atoms with Crippen molar-refractivity contribution >= 4 is 56.0 Å². The summed E-state index contributed by atoms with van der Waals surface area (Å²) in [5, 5.41) is 47.4. The Morgan fingerprint density at radius 1 is 0.828 bits per heavy atom. The van der Waals surface area contributed by atoms with Crippen LogP contribution in [0.3, 0.4) is 0 Å². The molecule has 0 bridgehead atoms. The largest absolute Gasteiger partial charge is 0.508 e. The van der Waals surface area contributed by atoms with Crippen LogP contribution in [-0.2, 0) is 13.5 Å². The molecule has 0 saturated carbocycles. The third kappa shape index (κ3) is 15.0. The second-order valence-corrected chi connectivity index (χ2v) is 14.7. The summed E-state index contributed by atoms with van der Waals surface area (Å²) in [6, 6.07) is 20.9. The predicted octanol–water partition coefficient (Wildman–Crippen LogP) is 11.8. The maximum atomic E-state index is 10.1. The van der Waals surface area contributed by atoms with Crippen molar-refractivity contribution in [2.24, 2.45) is 12.8 Å². The zero-order valence-electron chi connectivity index (χ0n) is 36.6. The topological polar surface area (TPSA) is 152 Å². The summed E-state index contributed by atoms with van der Waals surface area (Å²) in [6.07, 6.45) is 6.00. The van der Waals surface area contributed by atoms with E-state index in [9.17, 15) is 20.4 Å². The lowest BCUT2D eigenvalue weighted by molar-refractivity contribution is 0.442. The van der Waals surface area contributed by atoms with Gasteiger partial charge in [-0.15, -0.1) is 0 Å². The molecule has 6 aromatic rings. The van der Waals surface area contributed by atoms with E-state index in [1.165, 1.54) is 47.6 Å². The number of allylic oxidation sites excluding steroid dienone is 1. The number of H-pyrrole nitrogens is 1. The molecule has 10 heteroatoms. The predicted molar refractivity (Wildman–Crippen MR) is 254 cm³/mol. The van der Waals surface area contributed by atoms with Crippen molar-refractivity contribution in [3.05, 3.63) is 126 Å². The van der Waals surface area contributed by atoms with Gasteiger partial charge in [-0.1, -0.05) is 78.0 Å². The van der Waals surface area contributed by atoms with Crippen molar-refractivity contribution in [3.8, 4) is 23.0 Å². The number of aromatic hydroxyl groups is 4. The van der Waals surface area contributed by atoms with Crippen molar-refractivity contribution < 1.29 is 20.4 Å². The van der Waals surface area contributed by atoms with Gasteiger partial charge in [-0.3, -0.25) is 0 Å². The number of rotatable bonds is 6. The van der Waals surface area contributed by atoms with Crippen LogP contribution in [0.4, 0.5) is 5.69 Å². The van der Waals surface area contributed by atoms with Crippen LogP contribution in [0.15, 0.2) is 92.3 Å². The number of hydrogen-bond acceptors (Lipinski definition) is 7. The molecule has 2 aromatic heterocycles. The maximum Gasteiger partial charge on any atom is 0.128 e. The SMILES string of the molecule is C=C(C)c1cc(C(C)C)c(O)cc1O.C=C(Nc1ccc2c(ccn2C)c1)c1cc(CC)c(O)cc1O.CCC.CN.CNC(C)=S.Cc1ccc2[nH]cc(C)c2c1. The number of benzene rings is 4. The van der Waals surface area contributed by atoms with E-state index in [4.69, 9.17) is 0 Å². The first-order chi connectivity index (χ1) is 27.4. The van der Waals surface area contributed by atoms with E-state index in [0.29, 0.717) is 23.2 Å². The molecule has 0 spiro atoms. The lowest BCUT2D eigenvalue weighted by atomic mass is 9.96. The number of aromatic amines is 1. The monoisotopic (exact) mass is 809 g/mol. The quantitative estimate of drug-likeness (QED) is 0.0774. The lowest BCUT2D eigenvalue weighted by Crippen LogP contribution is -2.09. The van der Waals surface area contributed by atoms with Gasteiger partial charge in [0.05, 0.1) is 4.99 Å². The van der Waals surface area contributed by atoms with Crippen molar-refractivity contribution in [3.63, 3.8) is 0 Å². The molecule has 0 aliphatic heterocycles. The van der Waals surface area contributed by atoms with Crippen LogP contribution >= 0.6 is 12.2 Å². The minimum absolute atomic E-state index is 0.0120. The first-order valence-corrected chi connectivity index (χ1v) is 19.9. The Labute approximate surface area is 352 Å². The van der Waals surface area contributed by atoms with Crippen molar-refractivity contribution in [1.29, 1.82) is 0 Å². The molecule has 9 nitrogen and oxygen atoms in total. The first-order valence-electron chi connectivity index (χ1n) is 19.5. The van der Waals surface area contributed by atoms with E-state index in [1.807, 2.05) is 79.3 Å². The molecule has 0 radical (unpaired) electrons. The van der Waals surface area contributed by atoms with Gasteiger partial charge in [0.1, 0.15) is 23.0 Å². The number of aromatic nitrogens is 2. The Bertz CT molecular complexity index is 2250. The van der Waals surface area contributed by atoms with Crippen LogP contribution in [0.1, 0.15) is 94.2 Å². The fraction of sp³-hybridized carbons (Fsp3) is 0.312. The molecule has 0 amide bonds. The number of fused-ring (bicyclic) bond motifs is 2. The van der Waals surface area contributed by atoms with E-state index >= 15 is 0 Å². The smallest absolute Gasteiger partial charge is 0.128 e.